The number of carbonyl (C=O) groups excluding carboxylic acids is 3. The molecule has 0 fully saturated rings. The van der Waals surface area contributed by atoms with Gasteiger partial charge in [0.25, 0.3) is 0 Å². The zero-order chi connectivity index (χ0) is 16.9. The molecule has 20 heavy (non-hydrogen) atoms. The fourth-order valence-corrected chi connectivity index (χ4v) is 0.618. The van der Waals surface area contributed by atoms with E-state index in [1.165, 1.54) is 27.7 Å². The molecule has 120 valence electrons. The number of hydrogen-bond acceptors (Lipinski definition) is 8. The van der Waals surface area contributed by atoms with Gasteiger partial charge in [-0.2, -0.15) is 0 Å². The Bertz CT molecular complexity index is 259. The molecule has 0 heterocycles. The largest absolute Gasteiger partial charge is 0.394 e. The lowest BCUT2D eigenvalue weighted by molar-refractivity contribution is -0.136. The normalized spacial score (nSPS) is 15.2. The van der Waals surface area contributed by atoms with Crippen molar-refractivity contribution in [2.45, 2.75) is 52.1 Å². The van der Waals surface area contributed by atoms with E-state index in [9.17, 15) is 14.4 Å². The summed E-state index contributed by atoms with van der Waals surface area (Å²) >= 11 is 0. The molecule has 0 bridgehead atoms. The first-order valence-corrected chi connectivity index (χ1v) is 5.73. The first-order valence-electron chi connectivity index (χ1n) is 5.73. The van der Waals surface area contributed by atoms with Crippen molar-refractivity contribution in [3.63, 3.8) is 0 Å². The van der Waals surface area contributed by atoms with E-state index in [0.29, 0.717) is 0 Å². The van der Waals surface area contributed by atoms with Gasteiger partial charge in [0, 0.05) is 0 Å². The highest BCUT2D eigenvalue weighted by atomic mass is 16.4. The number of aliphatic hydroxyl groups excluding tert-OH is 5. The molecule has 0 aromatic rings. The highest BCUT2D eigenvalue weighted by Gasteiger charge is 2.29. The number of aldehydes is 1. The van der Waals surface area contributed by atoms with Crippen LogP contribution in [0.3, 0.4) is 0 Å². The molecule has 0 aliphatic rings. The third-order valence-electron chi connectivity index (χ3n) is 1.42. The van der Waals surface area contributed by atoms with Gasteiger partial charge in [0.15, 0.2) is 6.29 Å². The van der Waals surface area contributed by atoms with Crippen LogP contribution in [-0.4, -0.2) is 74.4 Å². The van der Waals surface area contributed by atoms with E-state index in [4.69, 9.17) is 25.5 Å². The summed E-state index contributed by atoms with van der Waals surface area (Å²) in [5, 5.41) is 43.5. The molecule has 0 aromatic carbocycles. The van der Waals surface area contributed by atoms with Gasteiger partial charge in [0.2, 0.25) is 0 Å². The summed E-state index contributed by atoms with van der Waals surface area (Å²) in [5.74, 6) is 0.333. The molecule has 0 saturated carbocycles. The zero-order valence-corrected chi connectivity index (χ0v) is 12.1. The molecular formula is C12H24O8. The minimum atomic E-state index is -1.79. The molecule has 0 aliphatic carbocycles. The van der Waals surface area contributed by atoms with Crippen molar-refractivity contribution >= 4 is 17.9 Å². The Morgan fingerprint density at radius 1 is 0.900 bits per heavy atom. The third kappa shape index (κ3) is 19.2. The SMILES string of the molecule is CC(C)=O.CC(C)=O.O=C[C@@H](O)[C@@H](O)[C@H](O)[C@@H](O)CO. The molecule has 0 amide bonds. The van der Waals surface area contributed by atoms with E-state index in [2.05, 4.69) is 0 Å². The van der Waals surface area contributed by atoms with Gasteiger partial charge in [0.1, 0.15) is 36.0 Å². The van der Waals surface area contributed by atoms with Crippen LogP contribution >= 0.6 is 0 Å². The van der Waals surface area contributed by atoms with Crippen molar-refractivity contribution in [3.8, 4) is 0 Å². The van der Waals surface area contributed by atoms with Crippen LogP contribution < -0.4 is 0 Å². The molecule has 0 spiro atoms. The summed E-state index contributed by atoms with van der Waals surface area (Å²) < 4.78 is 0. The number of rotatable bonds is 5. The van der Waals surface area contributed by atoms with Gasteiger partial charge in [-0.15, -0.1) is 0 Å². The van der Waals surface area contributed by atoms with Gasteiger partial charge < -0.3 is 39.9 Å². The number of Topliss-reactive ketones (excluding diaryl/α,β-unsaturated/α-hetero) is 2. The van der Waals surface area contributed by atoms with Crippen LogP contribution in [0.15, 0.2) is 0 Å². The fraction of sp³-hybridized carbons (Fsp3) is 0.750. The monoisotopic (exact) mass is 296 g/mol. The predicted molar refractivity (Wildman–Crippen MR) is 69.9 cm³/mol. The van der Waals surface area contributed by atoms with E-state index >= 15 is 0 Å². The molecule has 0 aliphatic heterocycles. The maximum Gasteiger partial charge on any atom is 0.151 e. The van der Waals surface area contributed by atoms with Crippen LogP contribution in [0.4, 0.5) is 0 Å². The second kappa shape index (κ2) is 14.2. The summed E-state index contributed by atoms with van der Waals surface area (Å²) in [6, 6.07) is 0. The van der Waals surface area contributed by atoms with Crippen LogP contribution in [0, 0.1) is 0 Å². The Hall–Kier alpha value is -1.19. The number of ketones is 2. The van der Waals surface area contributed by atoms with E-state index in [1.54, 1.807) is 0 Å². The average Bonchev–Trinajstić information content (AvgIpc) is 2.33. The molecule has 0 radical (unpaired) electrons. The highest BCUT2D eigenvalue weighted by Crippen LogP contribution is 2.02. The number of aliphatic hydroxyl groups is 5. The van der Waals surface area contributed by atoms with Gasteiger partial charge in [0.05, 0.1) is 6.61 Å². The molecule has 0 saturated heterocycles. The van der Waals surface area contributed by atoms with Gasteiger partial charge >= 0.3 is 0 Å². The average molecular weight is 296 g/mol. The van der Waals surface area contributed by atoms with E-state index in [0.717, 1.165) is 0 Å². The van der Waals surface area contributed by atoms with Gasteiger partial charge in [-0.05, 0) is 27.7 Å². The summed E-state index contributed by atoms with van der Waals surface area (Å²) in [5.41, 5.74) is 0. The van der Waals surface area contributed by atoms with Crippen LogP contribution in [0.1, 0.15) is 27.7 Å². The Balaban J connectivity index is -0.000000297. The predicted octanol–water partition coefficient (Wildman–Crippen LogP) is -2.19. The number of carbonyl (C=O) groups is 3. The quantitative estimate of drug-likeness (QED) is 0.359. The van der Waals surface area contributed by atoms with Crippen molar-refractivity contribution in [1.82, 2.24) is 0 Å². The lowest BCUT2D eigenvalue weighted by atomic mass is 10.0. The van der Waals surface area contributed by atoms with Crippen LogP contribution in [0.5, 0.6) is 0 Å². The standard InChI is InChI=1S/C6H12O6.2C3H6O/c7-1-3(9)5(11)6(12)4(10)2-8;2*1-3(2)4/h1,3-6,8-12H,2H2;2*1-2H3/t3-,4+,5-,6-;;/m1../s1. The zero-order valence-electron chi connectivity index (χ0n) is 12.1. The Kier molecular flexibility index (Phi) is 17.0. The molecule has 4 atom stereocenters. The van der Waals surface area contributed by atoms with E-state index in [-0.39, 0.29) is 17.9 Å². The molecule has 5 N–H and O–H groups in total. The van der Waals surface area contributed by atoms with Crippen molar-refractivity contribution < 1.29 is 39.9 Å². The van der Waals surface area contributed by atoms with Crippen molar-refractivity contribution in [2.75, 3.05) is 6.61 Å². The fourth-order valence-electron chi connectivity index (χ4n) is 0.618. The highest BCUT2D eigenvalue weighted by molar-refractivity contribution is 5.72. The maximum atomic E-state index is 9.90. The first-order chi connectivity index (χ1) is 9.00. The molecule has 0 rings (SSSR count). The van der Waals surface area contributed by atoms with Crippen molar-refractivity contribution in [1.29, 1.82) is 0 Å². The van der Waals surface area contributed by atoms with Gasteiger partial charge in [-0.25, -0.2) is 0 Å². The molecule has 8 heteroatoms. The minimum absolute atomic E-state index is 0.0258. The Morgan fingerprint density at radius 2 is 1.20 bits per heavy atom. The van der Waals surface area contributed by atoms with Crippen LogP contribution in [0.25, 0.3) is 0 Å². The second-order valence-corrected chi connectivity index (χ2v) is 4.17. The lowest BCUT2D eigenvalue weighted by Crippen LogP contribution is -2.46. The van der Waals surface area contributed by atoms with Crippen LogP contribution in [-0.2, 0) is 14.4 Å². The summed E-state index contributed by atoms with van der Waals surface area (Å²) in [7, 11) is 0. The van der Waals surface area contributed by atoms with Crippen LogP contribution in [0.2, 0.25) is 0 Å². The Morgan fingerprint density at radius 3 is 1.40 bits per heavy atom. The second-order valence-electron chi connectivity index (χ2n) is 4.17. The van der Waals surface area contributed by atoms with E-state index < -0.39 is 31.0 Å². The van der Waals surface area contributed by atoms with Gasteiger partial charge in [-0.1, -0.05) is 0 Å². The van der Waals surface area contributed by atoms with Crippen molar-refractivity contribution in [3.05, 3.63) is 0 Å². The van der Waals surface area contributed by atoms with E-state index in [1.807, 2.05) is 0 Å². The lowest BCUT2D eigenvalue weighted by Gasteiger charge is -2.22. The first kappa shape index (κ1) is 23.9. The maximum absolute atomic E-state index is 9.90. The molecular weight excluding hydrogens is 272 g/mol. The summed E-state index contributed by atoms with van der Waals surface area (Å²) in [6.07, 6.45) is -6.84. The Labute approximate surface area is 117 Å². The molecule has 0 unspecified atom stereocenters. The summed E-state index contributed by atoms with van der Waals surface area (Å²) in [4.78, 5) is 28.8. The minimum Gasteiger partial charge on any atom is -0.394 e. The third-order valence-corrected chi connectivity index (χ3v) is 1.42. The van der Waals surface area contributed by atoms with Crippen molar-refractivity contribution in [2.24, 2.45) is 0 Å². The summed E-state index contributed by atoms with van der Waals surface area (Å²) in [6.45, 7) is 5.35. The smallest absolute Gasteiger partial charge is 0.151 e. The molecule has 8 nitrogen and oxygen atoms in total. The number of hydrogen-bond donors (Lipinski definition) is 5. The van der Waals surface area contributed by atoms with Gasteiger partial charge in [-0.3, -0.25) is 0 Å². The topological polar surface area (TPSA) is 152 Å². The molecule has 0 aromatic heterocycles.